The first-order chi connectivity index (χ1) is 14.6. The standard InChI is InChI=1S/C21H18FN5O3/c1-13-5-3-7-18(27-21(28)24-25-26-27)16(13)12-30-20-8-4-6-17(23-20)15-10-9-14(22)11-19(15)29-2/h3-11H,12H2,1-2H3,(H,24,26,28). The van der Waals surface area contributed by atoms with Crippen molar-refractivity contribution in [2.45, 2.75) is 13.5 Å². The molecule has 4 aromatic rings. The second kappa shape index (κ2) is 8.16. The lowest BCUT2D eigenvalue weighted by atomic mass is 10.1. The highest BCUT2D eigenvalue weighted by Gasteiger charge is 2.13. The van der Waals surface area contributed by atoms with Gasteiger partial charge in [-0.1, -0.05) is 18.2 Å². The zero-order valence-corrected chi connectivity index (χ0v) is 16.3. The van der Waals surface area contributed by atoms with Gasteiger partial charge in [0.2, 0.25) is 5.88 Å². The molecule has 0 fully saturated rings. The van der Waals surface area contributed by atoms with Crippen LogP contribution in [0.25, 0.3) is 16.9 Å². The van der Waals surface area contributed by atoms with Gasteiger partial charge in [-0.25, -0.2) is 19.3 Å². The topological polar surface area (TPSA) is 94.9 Å². The third-order valence-corrected chi connectivity index (χ3v) is 4.61. The second-order valence-corrected chi connectivity index (χ2v) is 6.49. The van der Waals surface area contributed by atoms with Crippen LogP contribution in [-0.4, -0.2) is 32.3 Å². The SMILES string of the molecule is COc1cc(F)ccc1-c1cccc(OCc2c(C)cccc2-n2nn[nH]c2=O)n1. The maximum absolute atomic E-state index is 13.5. The molecule has 0 saturated carbocycles. The number of aromatic nitrogens is 5. The molecule has 4 rings (SSSR count). The van der Waals surface area contributed by atoms with Gasteiger partial charge in [-0.3, -0.25) is 0 Å². The van der Waals surface area contributed by atoms with E-state index in [9.17, 15) is 9.18 Å². The molecule has 1 N–H and O–H groups in total. The molecule has 2 heterocycles. The van der Waals surface area contributed by atoms with Gasteiger partial charge in [0.25, 0.3) is 0 Å². The third kappa shape index (κ3) is 3.77. The number of ether oxygens (including phenoxy) is 2. The number of tetrazole rings is 1. The summed E-state index contributed by atoms with van der Waals surface area (Å²) in [6.07, 6.45) is 0. The molecule has 0 saturated heterocycles. The van der Waals surface area contributed by atoms with Crippen LogP contribution < -0.4 is 15.2 Å². The molecule has 0 spiro atoms. The van der Waals surface area contributed by atoms with Gasteiger partial charge in [0.15, 0.2) is 0 Å². The lowest BCUT2D eigenvalue weighted by molar-refractivity contribution is 0.293. The molecule has 0 amide bonds. The minimum atomic E-state index is -0.439. The summed E-state index contributed by atoms with van der Waals surface area (Å²) in [5.74, 6) is 0.366. The molecular weight excluding hydrogens is 389 g/mol. The molecule has 0 aliphatic heterocycles. The van der Waals surface area contributed by atoms with Gasteiger partial charge >= 0.3 is 5.69 Å². The fourth-order valence-electron chi connectivity index (χ4n) is 3.10. The number of hydrogen-bond acceptors (Lipinski definition) is 6. The van der Waals surface area contributed by atoms with E-state index in [1.807, 2.05) is 19.1 Å². The highest BCUT2D eigenvalue weighted by atomic mass is 19.1. The molecule has 0 aliphatic rings. The normalized spacial score (nSPS) is 10.8. The first-order valence-electron chi connectivity index (χ1n) is 9.10. The number of nitrogens with one attached hydrogen (secondary N) is 1. The number of aromatic amines is 1. The van der Waals surface area contributed by atoms with Crippen LogP contribution in [0.5, 0.6) is 11.6 Å². The number of H-pyrrole nitrogens is 1. The first-order valence-corrected chi connectivity index (χ1v) is 9.10. The molecule has 2 aromatic heterocycles. The van der Waals surface area contributed by atoms with E-state index in [1.165, 1.54) is 23.9 Å². The monoisotopic (exact) mass is 407 g/mol. The highest BCUT2D eigenvalue weighted by molar-refractivity contribution is 5.67. The van der Waals surface area contributed by atoms with Crippen LogP contribution in [0, 0.1) is 12.7 Å². The maximum Gasteiger partial charge on any atom is 0.365 e. The van der Waals surface area contributed by atoms with Crippen molar-refractivity contribution in [1.82, 2.24) is 25.2 Å². The van der Waals surface area contributed by atoms with Crippen molar-refractivity contribution >= 4 is 0 Å². The van der Waals surface area contributed by atoms with Crippen LogP contribution in [0.3, 0.4) is 0 Å². The number of aryl methyl sites for hydroxylation is 1. The molecule has 2 aromatic carbocycles. The van der Waals surface area contributed by atoms with Crippen molar-refractivity contribution in [3.8, 4) is 28.6 Å². The summed E-state index contributed by atoms with van der Waals surface area (Å²) in [6, 6.07) is 15.1. The van der Waals surface area contributed by atoms with E-state index in [4.69, 9.17) is 9.47 Å². The third-order valence-electron chi connectivity index (χ3n) is 4.61. The number of pyridine rings is 1. The van der Waals surface area contributed by atoms with Gasteiger partial charge in [0.05, 0.1) is 18.5 Å². The summed E-state index contributed by atoms with van der Waals surface area (Å²) in [5, 5.41) is 9.63. The molecule has 0 radical (unpaired) electrons. The van der Waals surface area contributed by atoms with E-state index < -0.39 is 11.5 Å². The zero-order valence-electron chi connectivity index (χ0n) is 16.3. The van der Waals surface area contributed by atoms with E-state index in [-0.39, 0.29) is 6.61 Å². The van der Waals surface area contributed by atoms with Crippen molar-refractivity contribution in [3.05, 3.63) is 82.0 Å². The van der Waals surface area contributed by atoms with Crippen LogP contribution in [0.1, 0.15) is 11.1 Å². The lowest BCUT2D eigenvalue weighted by Crippen LogP contribution is -2.18. The smallest absolute Gasteiger partial charge is 0.365 e. The molecule has 0 unspecified atom stereocenters. The number of methoxy groups -OCH3 is 1. The molecule has 0 aliphatic carbocycles. The van der Waals surface area contributed by atoms with Crippen LogP contribution >= 0.6 is 0 Å². The Labute approximate surface area is 170 Å². The van der Waals surface area contributed by atoms with E-state index in [1.54, 1.807) is 30.3 Å². The predicted molar refractivity (Wildman–Crippen MR) is 107 cm³/mol. The van der Waals surface area contributed by atoms with Gasteiger partial charge in [0.1, 0.15) is 18.2 Å². The lowest BCUT2D eigenvalue weighted by Gasteiger charge is -2.13. The highest BCUT2D eigenvalue weighted by Crippen LogP contribution is 2.30. The molecule has 0 atom stereocenters. The van der Waals surface area contributed by atoms with E-state index in [0.29, 0.717) is 28.6 Å². The van der Waals surface area contributed by atoms with Crippen LogP contribution in [0.15, 0.2) is 59.4 Å². The summed E-state index contributed by atoms with van der Waals surface area (Å²) in [5.41, 5.74) is 3.08. The first kappa shape index (κ1) is 19.3. The van der Waals surface area contributed by atoms with Crippen molar-refractivity contribution in [2.24, 2.45) is 0 Å². The van der Waals surface area contributed by atoms with Crippen LogP contribution in [-0.2, 0) is 6.61 Å². The zero-order chi connectivity index (χ0) is 21.1. The summed E-state index contributed by atoms with van der Waals surface area (Å²) in [4.78, 5) is 16.4. The van der Waals surface area contributed by atoms with Crippen LogP contribution in [0.4, 0.5) is 4.39 Å². The Balaban J connectivity index is 1.63. The minimum absolute atomic E-state index is 0.165. The van der Waals surface area contributed by atoms with Gasteiger partial charge < -0.3 is 9.47 Å². The van der Waals surface area contributed by atoms with Gasteiger partial charge in [0, 0.05) is 23.3 Å². The summed E-state index contributed by atoms with van der Waals surface area (Å²) in [7, 11) is 1.48. The minimum Gasteiger partial charge on any atom is -0.496 e. The Morgan fingerprint density at radius 3 is 2.73 bits per heavy atom. The number of hydrogen-bond donors (Lipinski definition) is 1. The quantitative estimate of drug-likeness (QED) is 0.528. The van der Waals surface area contributed by atoms with Crippen LogP contribution in [0.2, 0.25) is 0 Å². The summed E-state index contributed by atoms with van der Waals surface area (Å²) >= 11 is 0. The van der Waals surface area contributed by atoms with E-state index in [2.05, 4.69) is 20.5 Å². The number of rotatable bonds is 6. The average Bonchev–Trinajstić information content (AvgIpc) is 3.18. The van der Waals surface area contributed by atoms with Crippen molar-refractivity contribution < 1.29 is 13.9 Å². The van der Waals surface area contributed by atoms with Crippen molar-refractivity contribution in [3.63, 3.8) is 0 Å². The number of halogens is 1. The fourth-order valence-corrected chi connectivity index (χ4v) is 3.10. The van der Waals surface area contributed by atoms with Crippen molar-refractivity contribution in [2.75, 3.05) is 7.11 Å². The Morgan fingerprint density at radius 2 is 1.97 bits per heavy atom. The van der Waals surface area contributed by atoms with Gasteiger partial charge in [-0.2, -0.15) is 4.68 Å². The maximum atomic E-state index is 13.5. The molecule has 152 valence electrons. The Morgan fingerprint density at radius 1 is 1.13 bits per heavy atom. The molecule has 0 bridgehead atoms. The number of nitrogens with zero attached hydrogens (tertiary/aromatic N) is 4. The molecular formula is C21H18FN5O3. The molecule has 8 nitrogen and oxygen atoms in total. The largest absolute Gasteiger partial charge is 0.496 e. The van der Waals surface area contributed by atoms with E-state index in [0.717, 1.165) is 11.1 Å². The van der Waals surface area contributed by atoms with E-state index >= 15 is 0 Å². The Hall–Kier alpha value is -4.01. The fraction of sp³-hybridized carbons (Fsp3) is 0.143. The second-order valence-electron chi connectivity index (χ2n) is 6.49. The predicted octanol–water partition coefficient (Wildman–Crippen LogP) is 3.05. The molecule has 9 heteroatoms. The van der Waals surface area contributed by atoms with Gasteiger partial charge in [-0.05, 0) is 47.2 Å². The molecule has 30 heavy (non-hydrogen) atoms. The number of benzene rings is 2. The van der Waals surface area contributed by atoms with Crippen molar-refractivity contribution in [1.29, 1.82) is 0 Å². The Bertz CT molecular complexity index is 1250. The summed E-state index contributed by atoms with van der Waals surface area (Å²) in [6.45, 7) is 2.08. The Kier molecular flexibility index (Phi) is 5.25. The average molecular weight is 407 g/mol. The van der Waals surface area contributed by atoms with Gasteiger partial charge in [-0.15, -0.1) is 0 Å². The summed E-state index contributed by atoms with van der Waals surface area (Å²) < 4.78 is 25.9.